The molecule has 6 heteroatoms. The fourth-order valence-corrected chi connectivity index (χ4v) is 1.78. The number of rotatable bonds is 7. The van der Waals surface area contributed by atoms with Gasteiger partial charge in [0.05, 0.1) is 17.9 Å². The van der Waals surface area contributed by atoms with Crippen LogP contribution in [-0.2, 0) is 19.7 Å². The van der Waals surface area contributed by atoms with Crippen LogP contribution in [0.3, 0.4) is 0 Å². The molecular formula is C15H22N2O4. The van der Waals surface area contributed by atoms with Crippen LogP contribution >= 0.6 is 0 Å². The molecule has 0 aliphatic rings. The van der Waals surface area contributed by atoms with E-state index in [0.29, 0.717) is 11.3 Å². The maximum Gasteiger partial charge on any atom is 0.313 e. The van der Waals surface area contributed by atoms with E-state index in [9.17, 15) is 9.59 Å². The van der Waals surface area contributed by atoms with Gasteiger partial charge < -0.3 is 20.9 Å². The van der Waals surface area contributed by atoms with E-state index in [1.54, 1.807) is 38.1 Å². The molecule has 0 aromatic heterocycles. The van der Waals surface area contributed by atoms with E-state index in [1.807, 2.05) is 0 Å². The van der Waals surface area contributed by atoms with E-state index in [2.05, 4.69) is 5.32 Å². The second kappa shape index (κ2) is 7.19. The Balaban J connectivity index is 2.71. The highest BCUT2D eigenvalue weighted by atomic mass is 16.5. The van der Waals surface area contributed by atoms with E-state index in [0.717, 1.165) is 0 Å². The highest BCUT2D eigenvalue weighted by Crippen LogP contribution is 2.24. The predicted octanol–water partition coefficient (Wildman–Crippen LogP) is 1.35. The van der Waals surface area contributed by atoms with Crippen molar-refractivity contribution in [1.82, 2.24) is 0 Å². The third kappa shape index (κ3) is 4.54. The summed E-state index contributed by atoms with van der Waals surface area (Å²) in [6.07, 6.45) is -0.134. The number of hydrogen-bond donors (Lipinski definition) is 3. The van der Waals surface area contributed by atoms with Crippen LogP contribution in [0.1, 0.15) is 25.8 Å². The number of aliphatic carboxylic acids is 1. The molecule has 4 N–H and O–H groups in total. The molecule has 0 aliphatic heterocycles. The van der Waals surface area contributed by atoms with Gasteiger partial charge in [0.2, 0.25) is 5.91 Å². The molecule has 1 rings (SSSR count). The molecule has 1 atom stereocenters. The number of anilines is 1. The van der Waals surface area contributed by atoms with E-state index in [4.69, 9.17) is 15.6 Å². The van der Waals surface area contributed by atoms with Gasteiger partial charge in [-0.3, -0.25) is 9.59 Å². The molecule has 0 heterocycles. The van der Waals surface area contributed by atoms with Crippen molar-refractivity contribution in [2.45, 2.75) is 31.8 Å². The summed E-state index contributed by atoms with van der Waals surface area (Å²) >= 11 is 0. The highest BCUT2D eigenvalue weighted by molar-refractivity contribution is 5.91. The van der Waals surface area contributed by atoms with Crippen LogP contribution < -0.4 is 11.1 Å². The van der Waals surface area contributed by atoms with Gasteiger partial charge in [-0.05, 0) is 31.5 Å². The zero-order chi connectivity index (χ0) is 16.0. The van der Waals surface area contributed by atoms with Crippen molar-refractivity contribution >= 4 is 17.6 Å². The van der Waals surface area contributed by atoms with Crippen molar-refractivity contribution in [1.29, 1.82) is 0 Å². The number of nitrogens with two attached hydrogens (primary N) is 1. The summed E-state index contributed by atoms with van der Waals surface area (Å²) in [5.41, 5.74) is 5.77. The summed E-state index contributed by atoms with van der Waals surface area (Å²) in [4.78, 5) is 23.0. The zero-order valence-electron chi connectivity index (χ0n) is 12.6. The number of methoxy groups -OCH3 is 1. The van der Waals surface area contributed by atoms with Crippen LogP contribution in [0, 0.1) is 0 Å². The number of amides is 1. The lowest BCUT2D eigenvalue weighted by Crippen LogP contribution is -2.29. The highest BCUT2D eigenvalue weighted by Gasteiger charge is 2.29. The molecule has 6 nitrogen and oxygen atoms in total. The molecule has 116 valence electrons. The first-order valence-electron chi connectivity index (χ1n) is 6.68. The van der Waals surface area contributed by atoms with Gasteiger partial charge in [0, 0.05) is 19.3 Å². The lowest BCUT2D eigenvalue weighted by atomic mass is 9.85. The zero-order valence-corrected chi connectivity index (χ0v) is 12.6. The van der Waals surface area contributed by atoms with Gasteiger partial charge in [0.25, 0.3) is 0 Å². The summed E-state index contributed by atoms with van der Waals surface area (Å²) in [5.74, 6) is -1.09. The smallest absolute Gasteiger partial charge is 0.313 e. The molecule has 0 aliphatic carbocycles. The Hall–Kier alpha value is -1.92. The van der Waals surface area contributed by atoms with Gasteiger partial charge in [0.1, 0.15) is 0 Å². The van der Waals surface area contributed by atoms with Crippen LogP contribution in [0.15, 0.2) is 24.3 Å². The minimum atomic E-state index is -0.969. The molecule has 1 unspecified atom stereocenters. The maximum absolute atomic E-state index is 11.8. The summed E-state index contributed by atoms with van der Waals surface area (Å²) in [6, 6.07) is 6.76. The molecule has 1 amide bonds. The number of carboxylic acid groups (broad SMARTS) is 1. The number of hydrogen-bond acceptors (Lipinski definition) is 4. The van der Waals surface area contributed by atoms with Gasteiger partial charge in [-0.2, -0.15) is 0 Å². The fraction of sp³-hybridized carbons (Fsp3) is 0.467. The number of carboxylic acids is 1. The Labute approximate surface area is 124 Å². The number of benzene rings is 1. The lowest BCUT2D eigenvalue weighted by molar-refractivity contribution is -0.142. The molecule has 0 radical (unpaired) electrons. The molecular weight excluding hydrogens is 272 g/mol. The summed E-state index contributed by atoms with van der Waals surface area (Å²) in [5, 5.41) is 11.9. The third-order valence-electron chi connectivity index (χ3n) is 3.43. The average molecular weight is 294 g/mol. The van der Waals surface area contributed by atoms with E-state index < -0.39 is 11.4 Å². The van der Waals surface area contributed by atoms with Crippen LogP contribution in [0.5, 0.6) is 0 Å². The molecule has 0 fully saturated rings. The van der Waals surface area contributed by atoms with Gasteiger partial charge in [0.15, 0.2) is 0 Å². The van der Waals surface area contributed by atoms with Crippen LogP contribution in [0.4, 0.5) is 5.69 Å². The number of carbonyl (C=O) groups is 2. The molecule has 0 bridgehead atoms. The topological polar surface area (TPSA) is 102 Å². The van der Waals surface area contributed by atoms with Gasteiger partial charge in [-0.25, -0.2) is 0 Å². The van der Waals surface area contributed by atoms with E-state index in [-0.39, 0.29) is 25.0 Å². The summed E-state index contributed by atoms with van der Waals surface area (Å²) in [6.45, 7) is 3.54. The quantitative estimate of drug-likeness (QED) is 0.704. The van der Waals surface area contributed by atoms with E-state index in [1.165, 1.54) is 7.11 Å². The number of nitrogens with one attached hydrogen (secondary N) is 1. The van der Waals surface area contributed by atoms with Crippen molar-refractivity contribution in [3.05, 3.63) is 29.8 Å². The van der Waals surface area contributed by atoms with Crippen molar-refractivity contribution < 1.29 is 19.4 Å². The second-order valence-electron chi connectivity index (χ2n) is 5.35. The fourth-order valence-electron chi connectivity index (χ4n) is 1.78. The second-order valence-corrected chi connectivity index (χ2v) is 5.35. The first kappa shape index (κ1) is 17.1. The Kier molecular flexibility index (Phi) is 5.87. The minimum Gasteiger partial charge on any atom is -0.481 e. The SMILES string of the molecule is COC(CN)CC(=O)Nc1ccc(C(C)(C)C(=O)O)cc1. The molecule has 0 spiro atoms. The predicted molar refractivity (Wildman–Crippen MR) is 80.2 cm³/mol. The minimum absolute atomic E-state index is 0.176. The van der Waals surface area contributed by atoms with Crippen molar-refractivity contribution in [3.8, 4) is 0 Å². The van der Waals surface area contributed by atoms with E-state index >= 15 is 0 Å². The molecule has 21 heavy (non-hydrogen) atoms. The normalized spacial score (nSPS) is 12.8. The van der Waals surface area contributed by atoms with Gasteiger partial charge >= 0.3 is 5.97 Å². The Bertz CT molecular complexity index is 493. The Morgan fingerprint density at radius 1 is 1.33 bits per heavy atom. The molecule has 0 saturated carbocycles. The average Bonchev–Trinajstić information content (AvgIpc) is 2.45. The van der Waals surface area contributed by atoms with Gasteiger partial charge in [-0.1, -0.05) is 12.1 Å². The maximum atomic E-state index is 11.8. The summed E-state index contributed by atoms with van der Waals surface area (Å²) < 4.78 is 5.05. The van der Waals surface area contributed by atoms with Crippen LogP contribution in [0.2, 0.25) is 0 Å². The Morgan fingerprint density at radius 3 is 2.33 bits per heavy atom. The molecule has 1 aromatic carbocycles. The van der Waals surface area contributed by atoms with Crippen molar-refractivity contribution in [2.75, 3.05) is 19.0 Å². The molecule has 0 saturated heterocycles. The first-order chi connectivity index (χ1) is 9.81. The largest absolute Gasteiger partial charge is 0.481 e. The van der Waals surface area contributed by atoms with Crippen LogP contribution in [-0.4, -0.2) is 36.7 Å². The Morgan fingerprint density at radius 2 is 1.90 bits per heavy atom. The lowest BCUT2D eigenvalue weighted by Gasteiger charge is -2.20. The third-order valence-corrected chi connectivity index (χ3v) is 3.43. The van der Waals surface area contributed by atoms with Crippen LogP contribution in [0.25, 0.3) is 0 Å². The standard InChI is InChI=1S/C15H22N2O4/c1-15(2,14(19)20)10-4-6-11(7-5-10)17-13(18)8-12(9-16)21-3/h4-7,12H,8-9,16H2,1-3H3,(H,17,18)(H,19,20). The summed E-state index contributed by atoms with van der Waals surface area (Å²) in [7, 11) is 1.51. The number of ether oxygens (including phenoxy) is 1. The first-order valence-corrected chi connectivity index (χ1v) is 6.68. The van der Waals surface area contributed by atoms with Crippen molar-refractivity contribution in [2.24, 2.45) is 5.73 Å². The van der Waals surface area contributed by atoms with Crippen molar-refractivity contribution in [3.63, 3.8) is 0 Å². The molecule has 1 aromatic rings. The number of carbonyl (C=O) groups excluding carboxylic acids is 1. The van der Waals surface area contributed by atoms with Gasteiger partial charge in [-0.15, -0.1) is 0 Å². The monoisotopic (exact) mass is 294 g/mol.